The molecule has 3 aromatic heterocycles. The van der Waals surface area contributed by atoms with Gasteiger partial charge in [0, 0.05) is 42.7 Å². The second-order valence-corrected chi connectivity index (χ2v) is 7.33. The summed E-state index contributed by atoms with van der Waals surface area (Å²) < 4.78 is 27.6. The van der Waals surface area contributed by atoms with Crippen LogP contribution in [-0.2, 0) is 7.05 Å². The van der Waals surface area contributed by atoms with E-state index >= 15 is 4.39 Å². The Bertz CT molecular complexity index is 1380. The van der Waals surface area contributed by atoms with Crippen molar-refractivity contribution in [3.63, 3.8) is 0 Å². The van der Waals surface area contributed by atoms with Crippen LogP contribution in [0.2, 0.25) is 0 Å². The van der Waals surface area contributed by atoms with E-state index in [2.05, 4.69) is 15.1 Å². The van der Waals surface area contributed by atoms with Crippen LogP contribution in [0.5, 0.6) is 11.5 Å². The fraction of sp³-hybridized carbons (Fsp3) is 0.174. The number of rotatable bonds is 8. The van der Waals surface area contributed by atoms with Crippen LogP contribution in [0.4, 0.5) is 15.9 Å². The molecule has 0 fully saturated rings. The number of hydrogen-bond acceptors (Lipinski definition) is 7. The Labute approximate surface area is 195 Å². The van der Waals surface area contributed by atoms with Crippen LogP contribution in [0.25, 0.3) is 22.2 Å². The number of nitrogens with zero attached hydrogens (tertiary/aromatic N) is 6. The number of benzene rings is 1. The van der Waals surface area contributed by atoms with E-state index in [1.54, 1.807) is 34.1 Å². The summed E-state index contributed by atoms with van der Waals surface area (Å²) in [6, 6.07) is 8.35. The summed E-state index contributed by atoms with van der Waals surface area (Å²) in [5.41, 5.74) is 9.12. The van der Waals surface area contributed by atoms with Crippen molar-refractivity contribution in [3.05, 3.63) is 54.7 Å². The molecule has 11 heteroatoms. The number of halogens is 1. The number of nitrogens with two attached hydrogens (primary N) is 1. The minimum Gasteiger partial charge on any atom is -0.497 e. The van der Waals surface area contributed by atoms with Gasteiger partial charge in [0.1, 0.15) is 23.7 Å². The number of fused-ring (bicyclic) bond motifs is 1. The number of aromatic nitrogens is 4. The molecule has 0 bridgehead atoms. The number of nitrogens with one attached hydrogen (secondary N) is 1. The van der Waals surface area contributed by atoms with Gasteiger partial charge in [-0.1, -0.05) is 0 Å². The molecule has 0 saturated carbocycles. The van der Waals surface area contributed by atoms with Crippen LogP contribution in [-0.4, -0.2) is 52.7 Å². The molecule has 4 aromatic rings. The maximum atomic E-state index is 15.4. The molecule has 3 N–H and O–H groups in total. The molecule has 0 aliphatic heterocycles. The lowest BCUT2D eigenvalue weighted by Crippen LogP contribution is -2.32. The minimum absolute atomic E-state index is 0.00299. The van der Waals surface area contributed by atoms with Gasteiger partial charge < -0.3 is 20.1 Å². The first-order chi connectivity index (χ1) is 16.4. The van der Waals surface area contributed by atoms with Crippen molar-refractivity contribution < 1.29 is 13.9 Å². The summed E-state index contributed by atoms with van der Waals surface area (Å²) >= 11 is 0. The number of aliphatic imine (C=N–C) groups is 1. The van der Waals surface area contributed by atoms with E-state index < -0.39 is 5.82 Å². The molecular formula is C23H23FN8O2. The second-order valence-electron chi connectivity index (χ2n) is 7.33. The largest absolute Gasteiger partial charge is 0.497 e. The number of methoxy groups -OCH3 is 2. The van der Waals surface area contributed by atoms with Gasteiger partial charge in [0.05, 0.1) is 43.7 Å². The van der Waals surface area contributed by atoms with Gasteiger partial charge in [0.25, 0.3) is 0 Å². The zero-order valence-electron chi connectivity index (χ0n) is 18.9. The molecule has 0 amide bonds. The molecule has 10 nitrogen and oxygen atoms in total. The molecule has 174 valence electrons. The highest BCUT2D eigenvalue weighted by Gasteiger charge is 2.22. The van der Waals surface area contributed by atoms with Gasteiger partial charge in [0.15, 0.2) is 11.6 Å². The van der Waals surface area contributed by atoms with Crippen molar-refractivity contribution in [3.8, 4) is 22.6 Å². The topological polar surface area (TPSA) is 128 Å². The monoisotopic (exact) mass is 462 g/mol. The number of amidine groups is 1. The van der Waals surface area contributed by atoms with Crippen LogP contribution < -0.4 is 20.1 Å². The smallest absolute Gasteiger partial charge is 0.188 e. The van der Waals surface area contributed by atoms with Crippen molar-refractivity contribution in [2.75, 3.05) is 25.7 Å². The normalized spacial score (nSPS) is 11.5. The lowest BCUT2D eigenvalue weighted by molar-refractivity contribution is 0.374. The van der Waals surface area contributed by atoms with Crippen LogP contribution >= 0.6 is 0 Å². The summed E-state index contributed by atoms with van der Waals surface area (Å²) in [6.07, 6.45) is 6.20. The number of aryl methyl sites for hydroxylation is 1. The van der Waals surface area contributed by atoms with Crippen LogP contribution in [0.15, 0.2) is 53.9 Å². The third-order valence-corrected chi connectivity index (χ3v) is 5.13. The van der Waals surface area contributed by atoms with Crippen molar-refractivity contribution in [2.45, 2.75) is 0 Å². The molecule has 0 aliphatic rings. The Kier molecular flexibility index (Phi) is 6.35. The molecule has 0 radical (unpaired) electrons. The average molecular weight is 462 g/mol. The van der Waals surface area contributed by atoms with Crippen LogP contribution in [0.3, 0.4) is 0 Å². The number of hydrogen-bond donors (Lipinski definition) is 2. The van der Waals surface area contributed by atoms with Crippen LogP contribution in [0, 0.1) is 11.2 Å². The van der Waals surface area contributed by atoms with Crippen molar-refractivity contribution in [1.82, 2.24) is 19.7 Å². The Morgan fingerprint density at radius 1 is 1.18 bits per heavy atom. The average Bonchev–Trinajstić information content (AvgIpc) is 3.28. The van der Waals surface area contributed by atoms with E-state index in [4.69, 9.17) is 25.6 Å². The van der Waals surface area contributed by atoms with Gasteiger partial charge in [-0.15, -0.1) is 0 Å². The zero-order chi connectivity index (χ0) is 24.2. The number of ether oxygens (including phenoxy) is 2. The predicted octanol–water partition coefficient (Wildman–Crippen LogP) is 3.29. The van der Waals surface area contributed by atoms with Gasteiger partial charge >= 0.3 is 0 Å². The highest BCUT2D eigenvalue weighted by atomic mass is 19.1. The third-order valence-electron chi connectivity index (χ3n) is 5.13. The highest BCUT2D eigenvalue weighted by Crippen LogP contribution is 2.36. The van der Waals surface area contributed by atoms with Crippen molar-refractivity contribution >= 4 is 34.7 Å². The third kappa shape index (κ3) is 4.49. The molecule has 0 unspecified atom stereocenters. The summed E-state index contributed by atoms with van der Waals surface area (Å²) in [5, 5.41) is 11.4. The van der Waals surface area contributed by atoms with E-state index in [9.17, 15) is 0 Å². The fourth-order valence-corrected chi connectivity index (χ4v) is 3.47. The van der Waals surface area contributed by atoms with Gasteiger partial charge in [-0.2, -0.15) is 5.10 Å². The van der Waals surface area contributed by atoms with Gasteiger partial charge in [-0.05, 0) is 18.2 Å². The first-order valence-corrected chi connectivity index (χ1v) is 10.2. The Morgan fingerprint density at radius 3 is 2.68 bits per heavy atom. The maximum absolute atomic E-state index is 15.4. The van der Waals surface area contributed by atoms with E-state index in [0.717, 1.165) is 17.5 Å². The van der Waals surface area contributed by atoms with Crippen molar-refractivity contribution in [1.29, 1.82) is 5.41 Å². The molecule has 0 aliphatic carbocycles. The molecule has 0 spiro atoms. The zero-order valence-corrected chi connectivity index (χ0v) is 18.9. The quantitative estimate of drug-likeness (QED) is 0.304. The summed E-state index contributed by atoms with van der Waals surface area (Å²) in [4.78, 5) is 14.6. The SMILES string of the molecule is COc1cc(OC)c(F)c(N(CC(N)=NC=N)c2ccc3ncc(-c4cnn(C)c4)cc3n2)c1. The van der Waals surface area contributed by atoms with Gasteiger partial charge in [-0.25, -0.2) is 14.4 Å². The molecule has 34 heavy (non-hydrogen) atoms. The summed E-state index contributed by atoms with van der Waals surface area (Å²) in [5.74, 6) is 0.274. The first-order valence-electron chi connectivity index (χ1n) is 10.2. The first kappa shape index (κ1) is 22.6. The molecule has 1 aromatic carbocycles. The second kappa shape index (κ2) is 9.53. The van der Waals surface area contributed by atoms with Gasteiger partial charge in [-0.3, -0.25) is 15.1 Å². The molecule has 4 rings (SSSR count). The standard InChI is InChI=1S/C23H23FN8O2/c1-31-11-15(10-29-31)14-6-18-17(27-9-14)4-5-22(30-18)32(12-21(26)28-13-25)19-7-16(33-2)8-20(34-3)23(19)24/h4-11,13H,12H2,1-3H3,(H3,25,26,28). The summed E-state index contributed by atoms with van der Waals surface area (Å²) in [6.45, 7) is -0.0309. The Morgan fingerprint density at radius 2 is 2.00 bits per heavy atom. The summed E-state index contributed by atoms with van der Waals surface area (Å²) in [7, 11) is 4.69. The lowest BCUT2D eigenvalue weighted by Gasteiger charge is -2.25. The predicted molar refractivity (Wildman–Crippen MR) is 129 cm³/mol. The number of anilines is 2. The van der Waals surface area contributed by atoms with Crippen molar-refractivity contribution in [2.24, 2.45) is 17.8 Å². The fourth-order valence-electron chi connectivity index (χ4n) is 3.47. The molecular weight excluding hydrogens is 439 g/mol. The molecule has 3 heterocycles. The molecule has 0 atom stereocenters. The van der Waals surface area contributed by atoms with E-state index in [1.165, 1.54) is 26.4 Å². The van der Waals surface area contributed by atoms with Crippen LogP contribution in [0.1, 0.15) is 0 Å². The maximum Gasteiger partial charge on any atom is 0.188 e. The molecule has 0 saturated heterocycles. The minimum atomic E-state index is -0.616. The van der Waals surface area contributed by atoms with Gasteiger partial charge in [0.2, 0.25) is 0 Å². The van der Waals surface area contributed by atoms with E-state index in [0.29, 0.717) is 22.6 Å². The Hall–Kier alpha value is -4.54. The van der Waals surface area contributed by atoms with E-state index in [1.807, 2.05) is 19.3 Å². The number of pyridine rings is 2. The lowest BCUT2D eigenvalue weighted by atomic mass is 10.1. The Balaban J connectivity index is 1.87. The highest BCUT2D eigenvalue weighted by molar-refractivity contribution is 5.92. The van der Waals surface area contributed by atoms with E-state index in [-0.39, 0.29) is 23.8 Å².